The second kappa shape index (κ2) is 6.82. The van der Waals surface area contributed by atoms with E-state index in [1.807, 2.05) is 6.92 Å². The van der Waals surface area contributed by atoms with Crippen LogP contribution < -0.4 is 5.32 Å². The van der Waals surface area contributed by atoms with E-state index >= 15 is 0 Å². The minimum atomic E-state index is -0.308. The maximum Gasteiger partial charge on any atom is 0.215 e. The molecule has 2 aromatic rings. The van der Waals surface area contributed by atoms with Crippen LogP contribution in [0.5, 0.6) is 0 Å². The van der Waals surface area contributed by atoms with Gasteiger partial charge in [-0.15, -0.1) is 23.7 Å². The van der Waals surface area contributed by atoms with Gasteiger partial charge in [-0.05, 0) is 19.1 Å². The molecule has 3 nitrogen and oxygen atoms in total. The first-order valence-corrected chi connectivity index (χ1v) is 6.17. The van der Waals surface area contributed by atoms with Crippen LogP contribution in [0.25, 0.3) is 0 Å². The van der Waals surface area contributed by atoms with E-state index < -0.39 is 0 Å². The fourth-order valence-corrected chi connectivity index (χ4v) is 2.21. The van der Waals surface area contributed by atoms with Crippen LogP contribution in [0.1, 0.15) is 17.4 Å². The molecular weight excluding hydrogens is 280 g/mol. The molecule has 7 heteroatoms. The monoisotopic (exact) mass is 293 g/mol. The second-order valence-corrected chi connectivity index (χ2v) is 4.70. The lowest BCUT2D eigenvalue weighted by molar-refractivity contribution is 0.460. The summed E-state index contributed by atoms with van der Waals surface area (Å²) in [5, 5.41) is 6.77. The molecule has 2 rings (SSSR count). The Balaban J connectivity index is 0.00000162. The van der Waals surface area contributed by atoms with Gasteiger partial charge < -0.3 is 5.32 Å². The number of hydrogen-bond acceptors (Lipinski definition) is 3. The van der Waals surface area contributed by atoms with Gasteiger partial charge in [0.05, 0.1) is 6.20 Å². The van der Waals surface area contributed by atoms with E-state index in [1.165, 1.54) is 16.9 Å². The molecular formula is C11H14ClF2N3S. The summed E-state index contributed by atoms with van der Waals surface area (Å²) < 4.78 is 27.6. The third kappa shape index (κ3) is 3.51. The van der Waals surface area contributed by atoms with Gasteiger partial charge in [-0.25, -0.2) is 4.68 Å². The highest BCUT2D eigenvalue weighted by Crippen LogP contribution is 2.14. The summed E-state index contributed by atoms with van der Waals surface area (Å²) in [6.07, 6.45) is 1.51. The van der Waals surface area contributed by atoms with Gasteiger partial charge in [0.1, 0.15) is 0 Å². The van der Waals surface area contributed by atoms with Gasteiger partial charge >= 0.3 is 0 Å². The van der Waals surface area contributed by atoms with Crippen molar-refractivity contribution in [3.8, 4) is 0 Å². The Bertz CT molecular complexity index is 498. The Morgan fingerprint density at radius 3 is 2.67 bits per heavy atom. The highest BCUT2D eigenvalue weighted by atomic mass is 35.5. The Morgan fingerprint density at radius 1 is 1.33 bits per heavy atom. The Hall–Kier alpha value is -0.980. The SMILES string of the molecule is CCn1ncc(CNCc2ccc(F)s2)c1F.Cl. The normalized spacial score (nSPS) is 10.4. The number of thiophene rings is 1. The van der Waals surface area contributed by atoms with E-state index in [0.29, 0.717) is 25.2 Å². The van der Waals surface area contributed by atoms with Crippen LogP contribution >= 0.6 is 23.7 Å². The van der Waals surface area contributed by atoms with Crippen molar-refractivity contribution in [2.75, 3.05) is 0 Å². The van der Waals surface area contributed by atoms with Crippen LogP contribution in [-0.2, 0) is 19.6 Å². The fourth-order valence-electron chi connectivity index (χ4n) is 1.52. The quantitative estimate of drug-likeness (QED) is 0.918. The first kappa shape index (κ1) is 15.1. The molecule has 0 saturated carbocycles. The predicted octanol–water partition coefficient (Wildman–Crippen LogP) is 2.95. The molecule has 0 saturated heterocycles. The number of aromatic nitrogens is 2. The molecule has 2 heterocycles. The summed E-state index contributed by atoms with van der Waals surface area (Å²) >= 11 is 1.09. The molecule has 0 aliphatic rings. The Labute approximate surface area is 114 Å². The van der Waals surface area contributed by atoms with Crippen molar-refractivity contribution in [1.82, 2.24) is 15.1 Å². The number of hydrogen-bond donors (Lipinski definition) is 1. The van der Waals surface area contributed by atoms with E-state index in [2.05, 4.69) is 10.4 Å². The first-order valence-electron chi connectivity index (χ1n) is 5.35. The minimum absolute atomic E-state index is 0. The van der Waals surface area contributed by atoms with Gasteiger partial charge in [-0.1, -0.05) is 0 Å². The largest absolute Gasteiger partial charge is 0.308 e. The average molecular weight is 294 g/mol. The van der Waals surface area contributed by atoms with Crippen LogP contribution in [0.15, 0.2) is 18.3 Å². The Kier molecular flexibility index (Phi) is 5.71. The molecule has 0 spiro atoms. The molecule has 100 valence electrons. The third-order valence-electron chi connectivity index (χ3n) is 2.39. The van der Waals surface area contributed by atoms with E-state index in [9.17, 15) is 8.78 Å². The van der Waals surface area contributed by atoms with E-state index in [0.717, 1.165) is 16.2 Å². The zero-order chi connectivity index (χ0) is 12.3. The zero-order valence-corrected chi connectivity index (χ0v) is 11.5. The summed E-state index contributed by atoms with van der Waals surface area (Å²) in [7, 11) is 0. The van der Waals surface area contributed by atoms with Gasteiger partial charge in [0, 0.05) is 30.1 Å². The molecule has 0 amide bonds. The molecule has 18 heavy (non-hydrogen) atoms. The number of nitrogens with one attached hydrogen (secondary N) is 1. The van der Waals surface area contributed by atoms with Crippen LogP contribution in [0.2, 0.25) is 0 Å². The van der Waals surface area contributed by atoms with Crippen molar-refractivity contribution < 1.29 is 8.78 Å². The van der Waals surface area contributed by atoms with Crippen LogP contribution in [0.4, 0.5) is 8.78 Å². The first-order chi connectivity index (χ1) is 8.20. The van der Waals surface area contributed by atoms with Gasteiger partial charge in [0.25, 0.3) is 0 Å². The predicted molar refractivity (Wildman–Crippen MR) is 69.9 cm³/mol. The fraction of sp³-hybridized carbons (Fsp3) is 0.364. The highest BCUT2D eigenvalue weighted by Gasteiger charge is 2.08. The van der Waals surface area contributed by atoms with Gasteiger partial charge in [-0.3, -0.25) is 0 Å². The highest BCUT2D eigenvalue weighted by molar-refractivity contribution is 7.10. The summed E-state index contributed by atoms with van der Waals surface area (Å²) in [5.41, 5.74) is 0.531. The van der Waals surface area contributed by atoms with E-state index in [-0.39, 0.29) is 23.5 Å². The summed E-state index contributed by atoms with van der Waals surface area (Å²) in [6, 6.07) is 3.15. The van der Waals surface area contributed by atoms with Gasteiger partial charge in [-0.2, -0.15) is 13.9 Å². The maximum atomic E-state index is 13.6. The van der Waals surface area contributed by atoms with E-state index in [4.69, 9.17) is 0 Å². The lowest BCUT2D eigenvalue weighted by Gasteiger charge is -2.01. The van der Waals surface area contributed by atoms with Gasteiger partial charge in [0.2, 0.25) is 5.95 Å². The van der Waals surface area contributed by atoms with Crippen molar-refractivity contribution in [1.29, 1.82) is 0 Å². The standard InChI is InChI=1S/C11H13F2N3S.ClH/c1-2-16-11(13)8(6-15-16)5-14-7-9-3-4-10(12)17-9;/h3-4,6,14H,2,5,7H2,1H3;1H. The summed E-state index contributed by atoms with van der Waals surface area (Å²) in [5.74, 6) is -0.308. The van der Waals surface area contributed by atoms with Crippen LogP contribution in [-0.4, -0.2) is 9.78 Å². The van der Waals surface area contributed by atoms with Crippen molar-refractivity contribution in [3.63, 3.8) is 0 Å². The molecule has 0 aliphatic carbocycles. The van der Waals surface area contributed by atoms with Gasteiger partial charge in [0.15, 0.2) is 5.13 Å². The van der Waals surface area contributed by atoms with Crippen molar-refractivity contribution >= 4 is 23.7 Å². The average Bonchev–Trinajstić information content (AvgIpc) is 2.87. The van der Waals surface area contributed by atoms with E-state index in [1.54, 1.807) is 6.07 Å². The number of halogens is 3. The molecule has 0 unspecified atom stereocenters. The number of aryl methyl sites for hydroxylation is 1. The lowest BCUT2D eigenvalue weighted by atomic mass is 10.3. The maximum absolute atomic E-state index is 13.6. The minimum Gasteiger partial charge on any atom is -0.308 e. The molecule has 0 radical (unpaired) electrons. The lowest BCUT2D eigenvalue weighted by Crippen LogP contribution is -2.12. The molecule has 0 bridgehead atoms. The molecule has 2 aromatic heterocycles. The molecule has 0 aliphatic heterocycles. The summed E-state index contributed by atoms with van der Waals surface area (Å²) in [4.78, 5) is 0.894. The molecule has 0 fully saturated rings. The van der Waals surface area contributed by atoms with Crippen LogP contribution in [0.3, 0.4) is 0 Å². The van der Waals surface area contributed by atoms with Crippen LogP contribution in [0, 0.1) is 11.1 Å². The molecule has 0 atom stereocenters. The molecule has 1 N–H and O–H groups in total. The van der Waals surface area contributed by atoms with Crippen molar-refractivity contribution in [2.45, 2.75) is 26.6 Å². The topological polar surface area (TPSA) is 29.9 Å². The van der Waals surface area contributed by atoms with Crippen molar-refractivity contribution in [3.05, 3.63) is 39.8 Å². The smallest absolute Gasteiger partial charge is 0.215 e. The Morgan fingerprint density at radius 2 is 2.11 bits per heavy atom. The second-order valence-electron chi connectivity index (χ2n) is 3.59. The number of rotatable bonds is 5. The zero-order valence-electron chi connectivity index (χ0n) is 9.82. The third-order valence-corrected chi connectivity index (χ3v) is 3.26. The summed E-state index contributed by atoms with van der Waals surface area (Å²) in [6.45, 7) is 3.28. The molecule has 0 aromatic carbocycles. The van der Waals surface area contributed by atoms with Crippen molar-refractivity contribution in [2.24, 2.45) is 0 Å². The number of nitrogens with zero attached hydrogens (tertiary/aromatic N) is 2.